The van der Waals surface area contributed by atoms with Crippen molar-refractivity contribution in [1.29, 1.82) is 0 Å². The Kier molecular flexibility index (Phi) is 4.39. The van der Waals surface area contributed by atoms with Gasteiger partial charge >= 0.3 is 0 Å². The first-order valence-corrected chi connectivity index (χ1v) is 6.48. The SMILES string of the molecule is CCNC(=O)COc1ccc2c(c1)/C(=N\O)CCC2. The third-order valence-corrected chi connectivity index (χ3v) is 3.12. The quantitative estimate of drug-likeness (QED) is 0.641. The van der Waals surface area contributed by atoms with Crippen molar-refractivity contribution in [2.75, 3.05) is 13.2 Å². The third kappa shape index (κ3) is 3.24. The number of hydrogen-bond donors (Lipinski definition) is 2. The zero-order valence-corrected chi connectivity index (χ0v) is 11.0. The molecule has 5 nitrogen and oxygen atoms in total. The molecule has 0 aromatic heterocycles. The van der Waals surface area contributed by atoms with Crippen LogP contribution in [-0.2, 0) is 11.2 Å². The van der Waals surface area contributed by atoms with Crippen LogP contribution in [0.15, 0.2) is 23.4 Å². The molecule has 0 saturated carbocycles. The average Bonchev–Trinajstić information content (AvgIpc) is 2.44. The molecule has 19 heavy (non-hydrogen) atoms. The third-order valence-electron chi connectivity index (χ3n) is 3.12. The predicted molar refractivity (Wildman–Crippen MR) is 71.9 cm³/mol. The van der Waals surface area contributed by atoms with Crippen LogP contribution in [0.4, 0.5) is 0 Å². The summed E-state index contributed by atoms with van der Waals surface area (Å²) in [6, 6.07) is 5.65. The smallest absolute Gasteiger partial charge is 0.257 e. The molecule has 0 radical (unpaired) electrons. The van der Waals surface area contributed by atoms with Gasteiger partial charge in [-0.05, 0) is 43.9 Å². The summed E-state index contributed by atoms with van der Waals surface area (Å²) in [6.07, 6.45) is 2.74. The van der Waals surface area contributed by atoms with Crippen LogP contribution in [0, 0.1) is 0 Å². The van der Waals surface area contributed by atoms with Crippen molar-refractivity contribution < 1.29 is 14.7 Å². The van der Waals surface area contributed by atoms with Crippen molar-refractivity contribution in [2.45, 2.75) is 26.2 Å². The second kappa shape index (κ2) is 6.22. The number of likely N-dealkylation sites (N-methyl/N-ethyl adjacent to an activating group) is 1. The summed E-state index contributed by atoms with van der Waals surface area (Å²) in [5.41, 5.74) is 2.76. The van der Waals surface area contributed by atoms with Gasteiger partial charge in [0.15, 0.2) is 6.61 Å². The molecule has 0 saturated heterocycles. The van der Waals surface area contributed by atoms with Crippen LogP contribution < -0.4 is 10.1 Å². The lowest BCUT2D eigenvalue weighted by atomic mass is 9.90. The Bertz CT molecular complexity index is 497. The molecule has 1 aromatic carbocycles. The maximum atomic E-state index is 11.3. The first-order chi connectivity index (χ1) is 9.24. The standard InChI is InChI=1S/C14H18N2O3/c1-2-15-14(17)9-19-11-7-6-10-4-3-5-13(16-18)12(10)8-11/h6-8,18H,2-5,9H2,1H3,(H,15,17)/b16-13-. The van der Waals surface area contributed by atoms with E-state index < -0.39 is 0 Å². The van der Waals surface area contributed by atoms with E-state index in [-0.39, 0.29) is 12.5 Å². The van der Waals surface area contributed by atoms with E-state index in [9.17, 15) is 4.79 Å². The summed E-state index contributed by atoms with van der Waals surface area (Å²) in [7, 11) is 0. The lowest BCUT2D eigenvalue weighted by Gasteiger charge is -2.17. The Morgan fingerprint density at radius 2 is 2.32 bits per heavy atom. The van der Waals surface area contributed by atoms with Crippen molar-refractivity contribution in [3.8, 4) is 5.75 Å². The molecule has 1 aromatic rings. The van der Waals surface area contributed by atoms with Gasteiger partial charge in [0.2, 0.25) is 0 Å². The van der Waals surface area contributed by atoms with Crippen LogP contribution in [0.5, 0.6) is 5.75 Å². The molecular formula is C14H18N2O3. The van der Waals surface area contributed by atoms with E-state index in [2.05, 4.69) is 10.5 Å². The van der Waals surface area contributed by atoms with E-state index in [1.807, 2.05) is 25.1 Å². The summed E-state index contributed by atoms with van der Waals surface area (Å²) in [5, 5.41) is 15.0. The zero-order chi connectivity index (χ0) is 13.7. The predicted octanol–water partition coefficient (Wildman–Crippen LogP) is 1.72. The zero-order valence-electron chi connectivity index (χ0n) is 11.0. The highest BCUT2D eigenvalue weighted by Crippen LogP contribution is 2.25. The summed E-state index contributed by atoms with van der Waals surface area (Å²) in [4.78, 5) is 11.3. The number of fused-ring (bicyclic) bond motifs is 1. The van der Waals surface area contributed by atoms with Gasteiger partial charge in [-0.1, -0.05) is 11.2 Å². The fourth-order valence-corrected chi connectivity index (χ4v) is 2.21. The first-order valence-electron chi connectivity index (χ1n) is 6.48. The van der Waals surface area contributed by atoms with Gasteiger partial charge in [-0.2, -0.15) is 0 Å². The number of carbonyl (C=O) groups is 1. The molecule has 1 amide bonds. The van der Waals surface area contributed by atoms with Crippen molar-refractivity contribution in [3.05, 3.63) is 29.3 Å². The van der Waals surface area contributed by atoms with Gasteiger partial charge in [-0.3, -0.25) is 4.79 Å². The molecule has 0 atom stereocenters. The largest absolute Gasteiger partial charge is 0.484 e. The van der Waals surface area contributed by atoms with E-state index in [1.165, 1.54) is 0 Å². The molecule has 0 heterocycles. The van der Waals surface area contributed by atoms with E-state index in [4.69, 9.17) is 9.94 Å². The minimum Gasteiger partial charge on any atom is -0.484 e. The number of nitrogens with zero attached hydrogens (tertiary/aromatic N) is 1. The van der Waals surface area contributed by atoms with Crippen LogP contribution in [0.3, 0.4) is 0 Å². The highest BCUT2D eigenvalue weighted by atomic mass is 16.5. The number of amides is 1. The van der Waals surface area contributed by atoms with Gasteiger partial charge in [0.25, 0.3) is 5.91 Å². The number of carbonyl (C=O) groups excluding carboxylic acids is 1. The number of benzene rings is 1. The Labute approximate surface area is 112 Å². The van der Waals surface area contributed by atoms with Crippen LogP contribution in [0.2, 0.25) is 0 Å². The van der Waals surface area contributed by atoms with E-state index in [0.29, 0.717) is 18.0 Å². The summed E-state index contributed by atoms with van der Waals surface area (Å²) >= 11 is 0. The molecule has 2 N–H and O–H groups in total. The number of nitrogens with one attached hydrogen (secondary N) is 1. The highest BCUT2D eigenvalue weighted by Gasteiger charge is 2.16. The number of hydrogen-bond acceptors (Lipinski definition) is 4. The minimum absolute atomic E-state index is 0.00176. The number of oxime groups is 1. The van der Waals surface area contributed by atoms with Gasteiger partial charge in [-0.15, -0.1) is 0 Å². The summed E-state index contributed by atoms with van der Waals surface area (Å²) < 4.78 is 5.43. The second-order valence-corrected chi connectivity index (χ2v) is 4.46. The van der Waals surface area contributed by atoms with Crippen LogP contribution in [0.1, 0.15) is 30.9 Å². The molecule has 2 rings (SSSR count). The fourth-order valence-electron chi connectivity index (χ4n) is 2.21. The van der Waals surface area contributed by atoms with Crippen molar-refractivity contribution in [1.82, 2.24) is 5.32 Å². The van der Waals surface area contributed by atoms with Gasteiger partial charge in [-0.25, -0.2) is 0 Å². The number of ether oxygens (including phenoxy) is 1. The van der Waals surface area contributed by atoms with E-state index in [0.717, 1.165) is 30.4 Å². The second-order valence-electron chi connectivity index (χ2n) is 4.46. The first kappa shape index (κ1) is 13.4. The van der Waals surface area contributed by atoms with Gasteiger partial charge < -0.3 is 15.3 Å². The molecular weight excluding hydrogens is 244 g/mol. The van der Waals surface area contributed by atoms with Gasteiger partial charge in [0.05, 0.1) is 5.71 Å². The van der Waals surface area contributed by atoms with Crippen molar-refractivity contribution in [3.63, 3.8) is 0 Å². The Morgan fingerprint density at radius 3 is 3.05 bits per heavy atom. The lowest BCUT2D eigenvalue weighted by molar-refractivity contribution is -0.122. The molecule has 0 spiro atoms. The molecule has 102 valence electrons. The Morgan fingerprint density at radius 1 is 1.47 bits per heavy atom. The molecule has 0 bridgehead atoms. The molecule has 0 unspecified atom stereocenters. The fraction of sp³-hybridized carbons (Fsp3) is 0.429. The van der Waals surface area contributed by atoms with Gasteiger partial charge in [0, 0.05) is 12.1 Å². The van der Waals surface area contributed by atoms with Crippen LogP contribution in [0.25, 0.3) is 0 Å². The number of aryl methyl sites for hydroxylation is 1. The minimum atomic E-state index is -0.142. The van der Waals surface area contributed by atoms with E-state index in [1.54, 1.807) is 0 Å². The molecule has 5 heteroatoms. The summed E-state index contributed by atoms with van der Waals surface area (Å²) in [6.45, 7) is 2.45. The average molecular weight is 262 g/mol. The Hall–Kier alpha value is -2.04. The normalized spacial score (nSPS) is 15.9. The molecule has 0 fully saturated rings. The van der Waals surface area contributed by atoms with Crippen LogP contribution >= 0.6 is 0 Å². The monoisotopic (exact) mass is 262 g/mol. The van der Waals surface area contributed by atoms with Gasteiger partial charge in [0.1, 0.15) is 5.75 Å². The highest BCUT2D eigenvalue weighted by molar-refractivity contribution is 6.02. The van der Waals surface area contributed by atoms with E-state index >= 15 is 0 Å². The topological polar surface area (TPSA) is 70.9 Å². The van der Waals surface area contributed by atoms with Crippen molar-refractivity contribution in [2.24, 2.45) is 5.16 Å². The molecule has 0 aliphatic heterocycles. The molecule has 1 aliphatic carbocycles. The maximum Gasteiger partial charge on any atom is 0.257 e. The summed E-state index contributed by atoms with van der Waals surface area (Å²) in [5.74, 6) is 0.476. The van der Waals surface area contributed by atoms with Crippen molar-refractivity contribution >= 4 is 11.6 Å². The lowest BCUT2D eigenvalue weighted by Crippen LogP contribution is -2.28. The van der Waals surface area contributed by atoms with Crippen LogP contribution in [-0.4, -0.2) is 30.0 Å². The Balaban J connectivity index is 2.09. The maximum absolute atomic E-state index is 11.3. The molecule has 1 aliphatic rings. The number of rotatable bonds is 4.